The van der Waals surface area contributed by atoms with Gasteiger partial charge >= 0.3 is 29.8 Å². The van der Waals surface area contributed by atoms with Crippen LogP contribution < -0.4 is 37.9 Å². The van der Waals surface area contributed by atoms with Crippen molar-refractivity contribution >= 4 is 105 Å². The van der Waals surface area contributed by atoms with Crippen LogP contribution in [0, 0.1) is 0 Å². The van der Waals surface area contributed by atoms with E-state index in [2.05, 4.69) is 68.5 Å². The molecule has 7 aliphatic heterocycles. The molecule has 7 aliphatic rings. The van der Waals surface area contributed by atoms with E-state index in [1.165, 1.54) is 66.7 Å². The Balaban J connectivity index is 0.000000136. The van der Waals surface area contributed by atoms with Crippen molar-refractivity contribution in [2.75, 3.05) is 21.3 Å². The maximum Gasteiger partial charge on any atom is 0.346 e. The average molecular weight is 2000 g/mol. The summed E-state index contributed by atoms with van der Waals surface area (Å²) in [6, 6.07) is 80.1. The lowest BCUT2D eigenvalue weighted by Crippen LogP contribution is -2.33. The molecule has 0 aromatic heterocycles. The molecule has 14 aromatic rings. The minimum absolute atomic E-state index is 0. The summed E-state index contributed by atoms with van der Waals surface area (Å²) in [6.45, 7) is 0.722. The van der Waals surface area contributed by atoms with Gasteiger partial charge in [-0.05, 0) is 199 Å². The SMILES string of the molecule is C.C.COc1ccc(CCl)cc1.COc1ccc(COc2ccc3c(c2)Oc2cc(OCc4ccc(OC)cc4)ccc2C32OC(=O)c3cc(Br)ccc32)cc1.O=C1OC(=O)c2cc(Br)ccc21.O=C1OC2(c3ccc(O)cc3Oc3cc(O)ccc32)c2cc(Br)ccc21.O=C1OC2(c3ccc(O)cc3Oc3cc(O)ccc32)c2ccc(Br)cc21.Oc1cccc(O)c1. The van der Waals surface area contributed by atoms with E-state index in [9.17, 15) is 44.4 Å². The lowest BCUT2D eigenvalue weighted by Gasteiger charge is -2.36. The van der Waals surface area contributed by atoms with Crippen LogP contribution in [-0.2, 0) is 54.8 Å². The number of phenols is 6. The van der Waals surface area contributed by atoms with Crippen LogP contribution in [0.15, 0.2) is 297 Å². The fraction of sp³-hybridized carbons (Fsp3) is 0.110. The van der Waals surface area contributed by atoms with Crippen LogP contribution in [0.3, 0.4) is 0 Å². The van der Waals surface area contributed by atoms with Gasteiger partial charge in [0.05, 0.1) is 49.1 Å². The molecule has 14 aromatic carbocycles. The third kappa shape index (κ3) is 17.7. The van der Waals surface area contributed by atoms with Crippen LogP contribution in [0.2, 0.25) is 0 Å². The molecule has 7 heterocycles. The zero-order valence-corrected chi connectivity index (χ0v) is 73.3. The van der Waals surface area contributed by atoms with E-state index >= 15 is 0 Å². The Kier molecular flexibility index (Phi) is 26.6. The maximum atomic E-state index is 13.3. The van der Waals surface area contributed by atoms with E-state index in [-0.39, 0.29) is 49.4 Å². The molecule has 0 atom stereocenters. The van der Waals surface area contributed by atoms with E-state index in [0.717, 1.165) is 57.4 Å². The number of ether oxygens (including phenoxy) is 12. The Morgan fingerprint density at radius 3 is 0.922 bits per heavy atom. The zero-order valence-electron chi connectivity index (χ0n) is 66.2. The van der Waals surface area contributed by atoms with Gasteiger partial charge < -0.3 is 87.5 Å². The second-order valence-corrected chi connectivity index (χ2v) is 32.7. The van der Waals surface area contributed by atoms with Crippen LogP contribution >= 0.6 is 75.3 Å². The van der Waals surface area contributed by atoms with Crippen LogP contribution in [-0.4, -0.2) is 81.8 Å². The van der Waals surface area contributed by atoms with Gasteiger partial charge in [-0.15, -0.1) is 11.6 Å². The largest absolute Gasteiger partial charge is 0.508 e. The van der Waals surface area contributed by atoms with Gasteiger partial charge in [0.15, 0.2) is 16.8 Å². The summed E-state index contributed by atoms with van der Waals surface area (Å²) in [5, 5.41) is 56.8. The first kappa shape index (κ1) is 90.3. The smallest absolute Gasteiger partial charge is 0.346 e. The molecule has 648 valence electrons. The molecule has 0 aliphatic carbocycles. The fourth-order valence-electron chi connectivity index (χ4n) is 15.2. The van der Waals surface area contributed by atoms with Gasteiger partial charge in [-0.1, -0.05) is 133 Å². The summed E-state index contributed by atoms with van der Waals surface area (Å²) in [7, 11) is 4.92. The highest BCUT2D eigenvalue weighted by Crippen LogP contribution is 2.61. The van der Waals surface area contributed by atoms with Crippen molar-refractivity contribution < 1.29 is 111 Å². The van der Waals surface area contributed by atoms with Gasteiger partial charge in [0, 0.05) is 116 Å². The Morgan fingerprint density at radius 2 is 0.562 bits per heavy atom. The molecule has 0 bridgehead atoms. The number of fused-ring (bicyclic) bond motifs is 19. The second kappa shape index (κ2) is 37.7. The number of benzene rings is 14. The van der Waals surface area contributed by atoms with Crippen molar-refractivity contribution in [1.82, 2.24) is 0 Å². The van der Waals surface area contributed by atoms with E-state index in [0.29, 0.717) is 137 Å². The number of carbonyl (C=O) groups excluding carboxylic acids is 5. The number of aromatic hydroxyl groups is 6. The third-order valence-electron chi connectivity index (χ3n) is 21.1. The summed E-state index contributed by atoms with van der Waals surface area (Å²) in [5.41, 5.74) is 7.57. The Hall–Kier alpha value is -14.0. The number of phenolic OH excluding ortho intramolecular Hbond substituents is 6. The average Bonchev–Trinajstić information content (AvgIpc) is 1.54. The lowest BCUT2D eigenvalue weighted by atomic mass is 9.77. The zero-order chi connectivity index (χ0) is 88.5. The highest BCUT2D eigenvalue weighted by atomic mass is 79.9. The van der Waals surface area contributed by atoms with Crippen molar-refractivity contribution in [1.29, 1.82) is 0 Å². The lowest BCUT2D eigenvalue weighted by molar-refractivity contribution is 0.0214. The molecule has 0 unspecified atom stereocenters. The number of rotatable bonds is 10. The number of hydrogen-bond donors (Lipinski definition) is 6. The maximum absolute atomic E-state index is 13.3. The summed E-state index contributed by atoms with van der Waals surface area (Å²) in [5.74, 6) is 4.62. The van der Waals surface area contributed by atoms with Crippen molar-refractivity contribution in [3.05, 3.63) is 392 Å². The molecule has 21 rings (SSSR count). The van der Waals surface area contributed by atoms with Crippen molar-refractivity contribution in [2.24, 2.45) is 0 Å². The summed E-state index contributed by atoms with van der Waals surface area (Å²) < 4.78 is 71.7. The molecule has 28 heteroatoms. The van der Waals surface area contributed by atoms with Gasteiger partial charge in [0.1, 0.15) is 111 Å². The minimum atomic E-state index is -1.21. The molecular weight excluding hydrogens is 1920 g/mol. The first-order valence-corrected chi connectivity index (χ1v) is 42.0. The monoisotopic (exact) mass is 1990 g/mol. The predicted octanol–water partition coefficient (Wildman–Crippen LogP) is 23.6. The number of cyclic esters (lactones) is 2. The standard InChI is InChI=1S/C36H27BrO7.2C20H11BrO5.C8H3BrO3.C8H9ClO.C6H6O2.2CH4/c1-39-25-8-3-22(4-9-25)20-41-27-12-15-31-33(18-27)43-34-19-28(42-21-23-5-10-26(40-2)11-6-23)13-16-32(34)36(31)30-14-7-24(37)17-29(30)35(38)44-36;21-10-1-4-14-13(7-10)19(24)26-20(14)15-5-2-11(22)8-17(15)25-18-9-12(23)3-6-16(18)20;21-10-1-4-13-16(7-10)20(26-19(13)24)14-5-2-11(22)8-17(14)25-18-9-12(23)3-6-15(18)20;9-4-1-2-5-6(3-4)8(11)12-7(5)10;1-10-8-4-2-7(6-9)3-5-8;7-5-2-1-3-6(8)4-5;;/h3-19H,20-21H2,1-2H3;2*1-9,22-23H;1-3H;2-5H,6H2,1H3;1-4,7-8H;2*1H4. The first-order chi connectivity index (χ1) is 60.8. The number of esters is 5. The number of alkyl halides is 1. The molecule has 0 radical (unpaired) electrons. The normalized spacial score (nSPS) is 13.7. The van der Waals surface area contributed by atoms with Crippen LogP contribution in [0.5, 0.6) is 97.7 Å². The van der Waals surface area contributed by atoms with Gasteiger partial charge in [-0.2, -0.15) is 0 Å². The van der Waals surface area contributed by atoms with E-state index < -0.39 is 46.6 Å². The van der Waals surface area contributed by atoms with Crippen molar-refractivity contribution in [3.8, 4) is 97.7 Å². The predicted molar refractivity (Wildman–Crippen MR) is 488 cm³/mol. The van der Waals surface area contributed by atoms with Crippen molar-refractivity contribution in [3.63, 3.8) is 0 Å². The molecule has 3 spiro atoms. The van der Waals surface area contributed by atoms with Gasteiger partial charge in [0.25, 0.3) is 0 Å². The summed E-state index contributed by atoms with van der Waals surface area (Å²) >= 11 is 19.1. The van der Waals surface area contributed by atoms with Gasteiger partial charge in [-0.25, -0.2) is 24.0 Å². The summed E-state index contributed by atoms with van der Waals surface area (Å²) in [6.07, 6.45) is 0. The Labute approximate surface area is 772 Å². The Morgan fingerprint density at radius 1 is 0.273 bits per heavy atom. The summed E-state index contributed by atoms with van der Waals surface area (Å²) in [4.78, 5) is 60.5. The molecular formula is C100H75Br4ClO23. The van der Waals surface area contributed by atoms with Crippen molar-refractivity contribution in [2.45, 2.75) is 50.8 Å². The first-order valence-electron chi connectivity index (χ1n) is 38.3. The quantitative estimate of drug-likeness (QED) is 0.0321. The minimum Gasteiger partial charge on any atom is -0.508 e. The van der Waals surface area contributed by atoms with Gasteiger partial charge in [0.2, 0.25) is 0 Å². The molecule has 0 saturated carbocycles. The van der Waals surface area contributed by atoms with Gasteiger partial charge in [-0.3, -0.25) is 0 Å². The number of halogens is 5. The van der Waals surface area contributed by atoms with E-state index in [4.69, 9.17) is 73.9 Å². The van der Waals surface area contributed by atoms with E-state index in [1.807, 2.05) is 140 Å². The van der Waals surface area contributed by atoms with E-state index in [1.54, 1.807) is 94.1 Å². The number of methoxy groups -OCH3 is 3. The fourth-order valence-corrected chi connectivity index (χ4v) is 16.9. The number of hydrogen-bond acceptors (Lipinski definition) is 23. The molecule has 0 fully saturated rings. The second-order valence-electron chi connectivity index (χ2n) is 28.8. The topological polar surface area (TPSA) is 317 Å². The third-order valence-corrected chi connectivity index (χ3v) is 23.3. The molecule has 0 saturated heterocycles. The Bertz CT molecular complexity index is 6420. The molecule has 6 N–H and O–H groups in total. The van der Waals surface area contributed by atoms with Crippen LogP contribution in [0.1, 0.15) is 133 Å². The molecule has 128 heavy (non-hydrogen) atoms. The highest BCUT2D eigenvalue weighted by Gasteiger charge is 2.57. The van der Waals surface area contributed by atoms with Crippen LogP contribution in [0.25, 0.3) is 0 Å². The molecule has 23 nitrogen and oxygen atoms in total. The molecule has 0 amide bonds. The van der Waals surface area contributed by atoms with Crippen LogP contribution in [0.4, 0.5) is 0 Å². The number of carbonyl (C=O) groups is 5. The highest BCUT2D eigenvalue weighted by molar-refractivity contribution is 9.11.